The lowest BCUT2D eigenvalue weighted by Gasteiger charge is -2.11. The number of rotatable bonds is 5. The number of aromatic nitrogens is 5. The highest BCUT2D eigenvalue weighted by Gasteiger charge is 2.19. The molecular formula is C21H13F2N5OS2. The van der Waals surface area contributed by atoms with E-state index in [1.54, 1.807) is 16.1 Å². The van der Waals surface area contributed by atoms with Crippen LogP contribution in [-0.2, 0) is 5.75 Å². The molecule has 0 aliphatic rings. The second-order valence-electron chi connectivity index (χ2n) is 6.53. The van der Waals surface area contributed by atoms with Gasteiger partial charge in [-0.05, 0) is 12.1 Å². The Balaban J connectivity index is 1.56. The molecular weight excluding hydrogens is 440 g/mol. The molecule has 5 rings (SSSR count). The Morgan fingerprint density at radius 2 is 1.87 bits per heavy atom. The molecule has 0 atom stereocenters. The van der Waals surface area contributed by atoms with Gasteiger partial charge in [-0.3, -0.25) is 13.8 Å². The molecule has 0 spiro atoms. The van der Waals surface area contributed by atoms with Gasteiger partial charge in [0.1, 0.15) is 11.6 Å². The highest BCUT2D eigenvalue weighted by molar-refractivity contribution is 7.98. The van der Waals surface area contributed by atoms with Crippen molar-refractivity contribution in [2.75, 3.05) is 0 Å². The Kier molecular flexibility index (Phi) is 5.08. The molecule has 0 bridgehead atoms. The van der Waals surface area contributed by atoms with Gasteiger partial charge in [-0.15, -0.1) is 21.5 Å². The molecule has 2 aromatic carbocycles. The molecule has 0 aliphatic carbocycles. The number of benzene rings is 2. The number of fused-ring (bicyclic) bond motifs is 1. The number of thiazole rings is 1. The molecule has 10 heteroatoms. The van der Waals surface area contributed by atoms with Gasteiger partial charge in [0.05, 0.1) is 11.4 Å². The van der Waals surface area contributed by atoms with E-state index in [4.69, 9.17) is 0 Å². The van der Waals surface area contributed by atoms with Crippen molar-refractivity contribution < 1.29 is 8.78 Å². The van der Waals surface area contributed by atoms with E-state index in [9.17, 15) is 13.6 Å². The van der Waals surface area contributed by atoms with E-state index in [1.807, 2.05) is 30.3 Å². The van der Waals surface area contributed by atoms with Crippen LogP contribution in [-0.4, -0.2) is 24.1 Å². The van der Waals surface area contributed by atoms with Crippen LogP contribution < -0.4 is 5.56 Å². The van der Waals surface area contributed by atoms with E-state index in [-0.39, 0.29) is 11.2 Å². The summed E-state index contributed by atoms with van der Waals surface area (Å²) >= 11 is 2.63. The van der Waals surface area contributed by atoms with Gasteiger partial charge in [0.2, 0.25) is 0 Å². The van der Waals surface area contributed by atoms with Crippen molar-refractivity contribution in [3.8, 4) is 17.1 Å². The first-order chi connectivity index (χ1) is 15.1. The molecule has 5 aromatic rings. The number of hydrogen-bond donors (Lipinski definition) is 0. The van der Waals surface area contributed by atoms with Gasteiger partial charge < -0.3 is 0 Å². The monoisotopic (exact) mass is 453 g/mol. The van der Waals surface area contributed by atoms with Crippen LogP contribution in [0.4, 0.5) is 8.78 Å². The standard InChI is InChI=1S/C21H13F2N5OS2/c22-14-6-7-17(16(23)10-14)28-19(13-4-2-1-3-5-13)25-26-21(28)31-12-15-11-18(29)27-8-9-30-20(27)24-15/h1-11H,12H2. The molecule has 6 nitrogen and oxygen atoms in total. The summed E-state index contributed by atoms with van der Waals surface area (Å²) in [4.78, 5) is 17.3. The SMILES string of the molecule is O=c1cc(CSc2nnc(-c3ccccc3)n2-c2ccc(F)cc2F)nc2sccn12. The third-order valence-electron chi connectivity index (χ3n) is 4.52. The predicted octanol–water partition coefficient (Wildman–Crippen LogP) is 4.57. The molecule has 0 saturated heterocycles. The molecule has 0 amide bonds. The van der Waals surface area contributed by atoms with E-state index < -0.39 is 11.6 Å². The average Bonchev–Trinajstić information content (AvgIpc) is 3.40. The fourth-order valence-electron chi connectivity index (χ4n) is 3.12. The van der Waals surface area contributed by atoms with Crippen molar-refractivity contribution in [1.82, 2.24) is 24.1 Å². The lowest BCUT2D eigenvalue weighted by molar-refractivity contribution is 0.575. The third kappa shape index (κ3) is 3.75. The Hall–Kier alpha value is -3.37. The van der Waals surface area contributed by atoms with Gasteiger partial charge in [-0.1, -0.05) is 42.1 Å². The highest BCUT2D eigenvalue weighted by Crippen LogP contribution is 2.30. The molecule has 0 saturated carbocycles. The summed E-state index contributed by atoms with van der Waals surface area (Å²) in [7, 11) is 0. The van der Waals surface area contributed by atoms with Crippen LogP contribution in [0.5, 0.6) is 0 Å². The zero-order chi connectivity index (χ0) is 21.4. The fraction of sp³-hybridized carbons (Fsp3) is 0.0476. The topological polar surface area (TPSA) is 65.1 Å². The van der Waals surface area contributed by atoms with Crippen molar-refractivity contribution in [2.45, 2.75) is 10.9 Å². The second kappa shape index (κ2) is 8.05. The molecule has 0 radical (unpaired) electrons. The number of thioether (sulfide) groups is 1. The lowest BCUT2D eigenvalue weighted by Crippen LogP contribution is -2.12. The maximum absolute atomic E-state index is 14.7. The first-order valence-corrected chi connectivity index (χ1v) is 11.0. The third-order valence-corrected chi connectivity index (χ3v) is 6.24. The lowest BCUT2D eigenvalue weighted by atomic mass is 10.2. The van der Waals surface area contributed by atoms with Gasteiger partial charge in [-0.2, -0.15) is 0 Å². The van der Waals surface area contributed by atoms with Crippen LogP contribution in [0.3, 0.4) is 0 Å². The number of halogens is 2. The molecule has 0 aliphatic heterocycles. The van der Waals surface area contributed by atoms with Gasteiger partial charge in [0.25, 0.3) is 5.56 Å². The van der Waals surface area contributed by atoms with E-state index in [0.29, 0.717) is 27.4 Å². The van der Waals surface area contributed by atoms with Crippen molar-refractivity contribution in [2.24, 2.45) is 0 Å². The number of hydrogen-bond acceptors (Lipinski definition) is 6. The van der Waals surface area contributed by atoms with E-state index >= 15 is 0 Å². The van der Waals surface area contributed by atoms with Gasteiger partial charge in [-0.25, -0.2) is 13.8 Å². The molecule has 3 aromatic heterocycles. The second-order valence-corrected chi connectivity index (χ2v) is 8.35. The summed E-state index contributed by atoms with van der Waals surface area (Å²) in [6.45, 7) is 0. The fourth-order valence-corrected chi connectivity index (χ4v) is 4.69. The minimum Gasteiger partial charge on any atom is -0.269 e. The van der Waals surface area contributed by atoms with Crippen LogP contribution in [0.25, 0.3) is 22.0 Å². The van der Waals surface area contributed by atoms with Crippen LogP contribution >= 0.6 is 23.1 Å². The van der Waals surface area contributed by atoms with E-state index in [0.717, 1.165) is 11.6 Å². The van der Waals surface area contributed by atoms with Gasteiger partial charge in [0, 0.05) is 35.0 Å². The first-order valence-electron chi connectivity index (χ1n) is 9.15. The van der Waals surface area contributed by atoms with Crippen molar-refractivity contribution >= 4 is 28.1 Å². The molecule has 0 N–H and O–H groups in total. The molecule has 0 fully saturated rings. The van der Waals surface area contributed by atoms with E-state index in [1.165, 1.54) is 45.7 Å². The van der Waals surface area contributed by atoms with Crippen molar-refractivity contribution in [3.63, 3.8) is 0 Å². The number of nitrogens with zero attached hydrogens (tertiary/aromatic N) is 5. The molecule has 31 heavy (non-hydrogen) atoms. The van der Waals surface area contributed by atoms with Crippen LogP contribution in [0.2, 0.25) is 0 Å². The summed E-state index contributed by atoms with van der Waals surface area (Å²) in [5.74, 6) is -0.636. The minimum atomic E-state index is -0.727. The van der Waals surface area contributed by atoms with Crippen LogP contribution in [0.1, 0.15) is 5.69 Å². The van der Waals surface area contributed by atoms with Gasteiger partial charge in [0.15, 0.2) is 15.9 Å². The maximum atomic E-state index is 14.7. The highest BCUT2D eigenvalue weighted by atomic mass is 32.2. The Labute approximate surface area is 182 Å². The van der Waals surface area contributed by atoms with Crippen molar-refractivity contribution in [1.29, 1.82) is 0 Å². The van der Waals surface area contributed by atoms with Crippen molar-refractivity contribution in [3.05, 3.63) is 93.9 Å². The maximum Gasteiger partial charge on any atom is 0.258 e. The summed E-state index contributed by atoms with van der Waals surface area (Å²) in [6, 6.07) is 14.1. The Morgan fingerprint density at radius 3 is 2.68 bits per heavy atom. The smallest absolute Gasteiger partial charge is 0.258 e. The van der Waals surface area contributed by atoms with Crippen LogP contribution in [0, 0.1) is 11.6 Å². The van der Waals surface area contributed by atoms with E-state index in [2.05, 4.69) is 15.2 Å². The largest absolute Gasteiger partial charge is 0.269 e. The molecule has 0 unspecified atom stereocenters. The molecule has 3 heterocycles. The Morgan fingerprint density at radius 1 is 1.03 bits per heavy atom. The predicted molar refractivity (Wildman–Crippen MR) is 116 cm³/mol. The average molecular weight is 453 g/mol. The summed E-state index contributed by atoms with van der Waals surface area (Å²) < 4.78 is 31.2. The zero-order valence-corrected chi connectivity index (χ0v) is 17.4. The molecule has 154 valence electrons. The Bertz CT molecular complexity index is 1450. The van der Waals surface area contributed by atoms with Gasteiger partial charge >= 0.3 is 0 Å². The van der Waals surface area contributed by atoms with Crippen LogP contribution in [0.15, 0.2) is 76.1 Å². The zero-order valence-electron chi connectivity index (χ0n) is 15.8. The quantitative estimate of drug-likeness (QED) is 0.365. The minimum absolute atomic E-state index is 0.134. The normalized spacial score (nSPS) is 11.3. The summed E-state index contributed by atoms with van der Waals surface area (Å²) in [5, 5.41) is 10.7. The summed E-state index contributed by atoms with van der Waals surface area (Å²) in [5.41, 5.74) is 1.28. The summed E-state index contributed by atoms with van der Waals surface area (Å²) in [6.07, 6.45) is 1.67. The first kappa shape index (κ1) is 19.6.